The molecule has 53 heavy (non-hydrogen) atoms. The van der Waals surface area contributed by atoms with Crippen molar-refractivity contribution >= 4 is 77.5 Å². The average Bonchev–Trinajstić information content (AvgIpc) is 3.80. The minimum Gasteiger partial charge on any atom is -0.378 e. The van der Waals surface area contributed by atoms with Gasteiger partial charge in [0, 0.05) is 54.5 Å². The van der Waals surface area contributed by atoms with E-state index in [1.807, 2.05) is 36.4 Å². The highest BCUT2D eigenvalue weighted by molar-refractivity contribution is 9.10. The van der Waals surface area contributed by atoms with E-state index in [4.69, 9.17) is 19.5 Å². The molecule has 4 atom stereocenters. The fraction of sp³-hybridized carbons (Fsp3) is 0.282. The number of carbonyl (C=O) groups is 2. The summed E-state index contributed by atoms with van der Waals surface area (Å²) in [6, 6.07) is 27.6. The molecule has 276 valence electrons. The number of hydrogen-bond acceptors (Lipinski definition) is 8. The van der Waals surface area contributed by atoms with Gasteiger partial charge in [0.05, 0.1) is 26.4 Å². The molecule has 4 aliphatic heterocycles. The van der Waals surface area contributed by atoms with Gasteiger partial charge in [0.25, 0.3) is 11.8 Å². The summed E-state index contributed by atoms with van der Waals surface area (Å²) in [5.74, 6) is 0.473. The van der Waals surface area contributed by atoms with E-state index in [-0.39, 0.29) is 42.7 Å². The molecule has 4 aliphatic rings. The first-order valence-corrected chi connectivity index (χ1v) is 20.0. The number of carbonyl (C=O) groups excluding carboxylic acids is 2. The largest absolute Gasteiger partial charge is 0.378 e. The molecule has 2 amide bonds. The highest BCUT2D eigenvalue weighted by Crippen LogP contribution is 2.47. The Labute approximate surface area is 332 Å². The molecule has 2 saturated heterocycles. The molecule has 0 saturated carbocycles. The van der Waals surface area contributed by atoms with Gasteiger partial charge >= 0.3 is 0 Å². The quantitative estimate of drug-likeness (QED) is 0.213. The van der Waals surface area contributed by atoms with E-state index in [1.165, 1.54) is 35.7 Å². The Kier molecular flexibility index (Phi) is 12.6. The second kappa shape index (κ2) is 17.0. The smallest absolute Gasteiger partial charge is 0.257 e. The maximum absolute atomic E-state index is 14.6. The van der Waals surface area contributed by atoms with Crippen molar-refractivity contribution in [1.82, 2.24) is 10.6 Å². The van der Waals surface area contributed by atoms with Gasteiger partial charge in [-0.2, -0.15) is 0 Å². The van der Waals surface area contributed by atoms with E-state index < -0.39 is 11.1 Å². The lowest BCUT2D eigenvalue weighted by atomic mass is 9.81. The van der Waals surface area contributed by atoms with Crippen LogP contribution in [0.2, 0.25) is 0 Å². The van der Waals surface area contributed by atoms with Gasteiger partial charge in [-0.3, -0.25) is 9.59 Å². The zero-order valence-electron chi connectivity index (χ0n) is 27.5. The molecular weight excluding hydrogens is 850 g/mol. The molecule has 4 heterocycles. The molecule has 0 radical (unpaired) electrons. The first-order valence-electron chi connectivity index (χ1n) is 16.4. The Bertz CT molecular complexity index is 1900. The topological polar surface area (TPSA) is 101 Å². The second-order valence-electron chi connectivity index (χ2n) is 12.6. The molecule has 14 heteroatoms. The lowest BCUT2D eigenvalue weighted by molar-refractivity contribution is 0.0969. The van der Waals surface area contributed by atoms with Crippen molar-refractivity contribution in [3.63, 3.8) is 0 Å². The van der Waals surface area contributed by atoms with Crippen LogP contribution in [0, 0.1) is 23.5 Å². The van der Waals surface area contributed by atoms with E-state index in [2.05, 4.69) is 42.5 Å². The summed E-state index contributed by atoms with van der Waals surface area (Å²) in [7, 11) is 0. The minimum absolute atomic E-state index is 0. The van der Waals surface area contributed by atoms with Gasteiger partial charge in [-0.15, -0.1) is 0 Å². The van der Waals surface area contributed by atoms with Gasteiger partial charge in [0.1, 0.15) is 22.7 Å². The number of benzene rings is 4. The Morgan fingerprint density at radius 3 is 1.45 bits per heavy atom. The number of fused-ring (bicyclic) bond motifs is 2. The van der Waals surface area contributed by atoms with Crippen LogP contribution in [-0.2, 0) is 20.6 Å². The molecule has 4 aromatic rings. The summed E-state index contributed by atoms with van der Waals surface area (Å²) < 4.78 is 42.1. The number of thioether (sulfide) groups is 2. The van der Waals surface area contributed by atoms with Gasteiger partial charge in [-0.25, -0.2) is 18.8 Å². The average molecular weight is 887 g/mol. The van der Waals surface area contributed by atoms with E-state index in [1.54, 1.807) is 48.5 Å². The highest BCUT2D eigenvalue weighted by Gasteiger charge is 2.51. The number of nitrogens with zero attached hydrogens (tertiary/aromatic N) is 2. The predicted octanol–water partition coefficient (Wildman–Crippen LogP) is 8.56. The molecular formula is C39H36Br2F2N4O4S2. The van der Waals surface area contributed by atoms with E-state index in [9.17, 15) is 18.4 Å². The summed E-state index contributed by atoms with van der Waals surface area (Å²) in [4.78, 5) is 34.4. The van der Waals surface area contributed by atoms with Crippen LogP contribution in [0.3, 0.4) is 0 Å². The van der Waals surface area contributed by atoms with Crippen molar-refractivity contribution in [3.8, 4) is 0 Å². The standard InChI is InChI=1S/2C19H16BrFN2O2S.CH4/c2*20-14-6-7-16(21)15(8-14)19-11-25-9-13(19)10-26-18(23-19)22-17(24)12-4-2-1-3-5-12;/h2*1-8,13H,9-11H2,(H,22,23,24);1H4/t2*13-,19-;/m10./s1. The van der Waals surface area contributed by atoms with Crippen molar-refractivity contribution in [2.24, 2.45) is 21.8 Å². The summed E-state index contributed by atoms with van der Waals surface area (Å²) in [6.45, 7) is 1.66. The van der Waals surface area contributed by atoms with Crippen LogP contribution in [0.5, 0.6) is 0 Å². The number of aliphatic imine (C=N–C) groups is 2. The third-order valence-electron chi connectivity index (χ3n) is 9.38. The molecule has 4 aromatic carbocycles. The number of ether oxygens (including phenoxy) is 2. The summed E-state index contributed by atoms with van der Waals surface area (Å²) in [5, 5.41) is 6.72. The van der Waals surface area contributed by atoms with Crippen LogP contribution in [0.1, 0.15) is 39.3 Å². The molecule has 0 unspecified atom stereocenters. The monoisotopic (exact) mass is 884 g/mol. The van der Waals surface area contributed by atoms with Crippen molar-refractivity contribution in [1.29, 1.82) is 0 Å². The van der Waals surface area contributed by atoms with Gasteiger partial charge < -0.3 is 20.1 Å². The Balaban J connectivity index is 0.000000178. The number of halogens is 4. The van der Waals surface area contributed by atoms with Gasteiger partial charge in [-0.05, 0) is 60.7 Å². The molecule has 8 nitrogen and oxygen atoms in total. The number of nitrogens with one attached hydrogen (secondary N) is 2. The Hall–Kier alpha value is -3.40. The molecule has 0 aromatic heterocycles. The van der Waals surface area contributed by atoms with Crippen LogP contribution in [0.4, 0.5) is 8.78 Å². The third kappa shape index (κ3) is 8.32. The van der Waals surface area contributed by atoms with Gasteiger partial charge in [-0.1, -0.05) is 99.2 Å². The Morgan fingerprint density at radius 1 is 0.660 bits per heavy atom. The molecule has 8 rings (SSSR count). The summed E-state index contributed by atoms with van der Waals surface area (Å²) >= 11 is 9.76. The van der Waals surface area contributed by atoms with Crippen molar-refractivity contribution in [2.45, 2.75) is 18.5 Å². The number of amidine groups is 2. The molecule has 0 spiro atoms. The summed E-state index contributed by atoms with van der Waals surface area (Å²) in [5.41, 5.74) is 0.505. The van der Waals surface area contributed by atoms with Gasteiger partial charge in [0.15, 0.2) is 10.3 Å². The minimum atomic E-state index is -0.807. The van der Waals surface area contributed by atoms with Crippen molar-refractivity contribution < 1.29 is 27.8 Å². The predicted molar refractivity (Wildman–Crippen MR) is 215 cm³/mol. The fourth-order valence-electron chi connectivity index (χ4n) is 6.65. The maximum Gasteiger partial charge on any atom is 0.257 e. The maximum atomic E-state index is 14.6. The number of hydrogen-bond donors (Lipinski definition) is 2. The third-order valence-corrected chi connectivity index (χ3v) is 12.4. The van der Waals surface area contributed by atoms with Crippen LogP contribution in [-0.4, -0.2) is 60.1 Å². The van der Waals surface area contributed by atoms with E-state index in [0.29, 0.717) is 70.5 Å². The van der Waals surface area contributed by atoms with Crippen LogP contribution < -0.4 is 10.6 Å². The van der Waals surface area contributed by atoms with Gasteiger partial charge in [0.2, 0.25) is 0 Å². The summed E-state index contributed by atoms with van der Waals surface area (Å²) in [6.07, 6.45) is 0. The second-order valence-corrected chi connectivity index (χ2v) is 16.5. The lowest BCUT2D eigenvalue weighted by Gasteiger charge is -2.35. The first-order chi connectivity index (χ1) is 25.2. The normalized spacial score (nSPS) is 24.2. The van der Waals surface area contributed by atoms with Crippen molar-refractivity contribution in [3.05, 3.63) is 140 Å². The highest BCUT2D eigenvalue weighted by atomic mass is 79.9. The van der Waals surface area contributed by atoms with Crippen LogP contribution >= 0.6 is 55.4 Å². The molecule has 2 fully saturated rings. The van der Waals surface area contributed by atoms with Crippen LogP contribution in [0.15, 0.2) is 116 Å². The Morgan fingerprint density at radius 2 is 1.06 bits per heavy atom. The lowest BCUT2D eigenvalue weighted by Crippen LogP contribution is -2.42. The molecule has 0 bridgehead atoms. The van der Waals surface area contributed by atoms with E-state index in [0.717, 1.165) is 8.95 Å². The molecule has 2 N–H and O–H groups in total. The fourth-order valence-corrected chi connectivity index (χ4v) is 9.62. The number of rotatable bonds is 4. The number of amides is 2. The molecule has 0 aliphatic carbocycles. The first kappa shape index (κ1) is 39.3. The van der Waals surface area contributed by atoms with Crippen molar-refractivity contribution in [2.75, 3.05) is 37.9 Å². The van der Waals surface area contributed by atoms with Crippen LogP contribution in [0.25, 0.3) is 0 Å². The van der Waals surface area contributed by atoms with E-state index >= 15 is 0 Å². The zero-order chi connectivity index (χ0) is 36.3. The SMILES string of the molecule is C.O=C(NC1=N[C@@]2(c3cc(Br)ccc3F)COC[C@H]2CS1)c1ccccc1.O=C(NC1=N[C@]2(c3cc(Br)ccc3F)COC[C@@H]2CS1)c1ccccc1. The zero-order valence-corrected chi connectivity index (χ0v) is 32.3.